The highest BCUT2D eigenvalue weighted by atomic mass is 16.5. The summed E-state index contributed by atoms with van der Waals surface area (Å²) in [6.07, 6.45) is 0.159. The minimum absolute atomic E-state index is 0.0557. The summed E-state index contributed by atoms with van der Waals surface area (Å²) in [7, 11) is 0. The average Bonchev–Trinajstić information content (AvgIpc) is 2.52. The first-order chi connectivity index (χ1) is 10.2. The van der Waals surface area contributed by atoms with Gasteiger partial charge in [-0.15, -0.1) is 0 Å². The molecule has 6 nitrogen and oxygen atoms in total. The smallest absolute Gasteiger partial charge is 0.242 e. The molecule has 21 heavy (non-hydrogen) atoms. The molecule has 1 unspecified atom stereocenters. The summed E-state index contributed by atoms with van der Waals surface area (Å²) in [6, 6.07) is 9.33. The summed E-state index contributed by atoms with van der Waals surface area (Å²) >= 11 is 0. The van der Waals surface area contributed by atoms with Crippen LogP contribution in [0, 0.1) is 0 Å². The number of rotatable bonds is 6. The Balaban J connectivity index is 2.03. The number of hydrogen-bond donors (Lipinski definition) is 2. The van der Waals surface area contributed by atoms with Crippen LogP contribution in [-0.4, -0.2) is 49.1 Å². The molecule has 3 N–H and O–H groups in total. The van der Waals surface area contributed by atoms with Crippen LogP contribution in [0.3, 0.4) is 0 Å². The zero-order valence-electron chi connectivity index (χ0n) is 12.0. The minimum Gasteiger partial charge on any atom is -0.378 e. The van der Waals surface area contributed by atoms with Crippen LogP contribution in [0.4, 0.5) is 0 Å². The van der Waals surface area contributed by atoms with Crippen molar-refractivity contribution in [1.82, 2.24) is 10.2 Å². The molecule has 0 radical (unpaired) electrons. The molecule has 0 spiro atoms. The normalized spacial score (nSPS) is 18.2. The van der Waals surface area contributed by atoms with E-state index in [0.29, 0.717) is 32.8 Å². The Morgan fingerprint density at radius 1 is 1.33 bits per heavy atom. The number of carbonyl (C=O) groups is 2. The molecule has 1 aromatic carbocycles. The number of ether oxygens (including phenoxy) is 1. The van der Waals surface area contributed by atoms with Crippen LogP contribution in [0.15, 0.2) is 30.3 Å². The zero-order valence-corrected chi connectivity index (χ0v) is 12.0. The molecular weight excluding hydrogens is 270 g/mol. The predicted molar refractivity (Wildman–Crippen MR) is 78.3 cm³/mol. The van der Waals surface area contributed by atoms with Gasteiger partial charge in [0.2, 0.25) is 11.8 Å². The molecule has 1 aromatic rings. The summed E-state index contributed by atoms with van der Waals surface area (Å²) in [5.74, 6) is -0.464. The number of nitrogens with two attached hydrogens (primary N) is 1. The number of benzene rings is 1. The monoisotopic (exact) mass is 291 g/mol. The molecule has 1 aliphatic heterocycles. The van der Waals surface area contributed by atoms with Gasteiger partial charge >= 0.3 is 0 Å². The summed E-state index contributed by atoms with van der Waals surface area (Å²) < 4.78 is 5.33. The largest absolute Gasteiger partial charge is 0.378 e. The zero-order chi connectivity index (χ0) is 15.1. The number of nitrogens with one attached hydrogen (secondary N) is 1. The van der Waals surface area contributed by atoms with Crippen molar-refractivity contribution in [3.8, 4) is 0 Å². The Kier molecular flexibility index (Phi) is 5.71. The van der Waals surface area contributed by atoms with Crippen LogP contribution in [0.5, 0.6) is 0 Å². The summed E-state index contributed by atoms with van der Waals surface area (Å²) in [5, 5.41) is 3.14. The lowest BCUT2D eigenvalue weighted by Gasteiger charge is -2.30. The Morgan fingerprint density at radius 3 is 2.71 bits per heavy atom. The maximum Gasteiger partial charge on any atom is 0.242 e. The van der Waals surface area contributed by atoms with Crippen LogP contribution in [0.25, 0.3) is 0 Å². The highest BCUT2D eigenvalue weighted by Gasteiger charge is 2.26. The van der Waals surface area contributed by atoms with E-state index in [0.717, 1.165) is 5.56 Å². The number of nitrogens with zero attached hydrogens (tertiary/aromatic N) is 1. The lowest BCUT2D eigenvalue weighted by atomic mass is 10.1. The first-order valence-electron chi connectivity index (χ1n) is 7.09. The number of hydrogen-bond acceptors (Lipinski definition) is 4. The molecule has 114 valence electrons. The van der Waals surface area contributed by atoms with Gasteiger partial charge < -0.3 is 20.7 Å². The van der Waals surface area contributed by atoms with Gasteiger partial charge in [0.1, 0.15) is 6.04 Å². The maximum absolute atomic E-state index is 12.5. The van der Waals surface area contributed by atoms with Crippen molar-refractivity contribution >= 4 is 11.8 Å². The van der Waals surface area contributed by atoms with Gasteiger partial charge in [0.25, 0.3) is 0 Å². The molecular formula is C15H21N3O3. The average molecular weight is 291 g/mol. The van der Waals surface area contributed by atoms with Crippen molar-refractivity contribution < 1.29 is 14.3 Å². The number of morpholine rings is 1. The fourth-order valence-corrected chi connectivity index (χ4v) is 2.26. The third-order valence-corrected chi connectivity index (χ3v) is 3.38. The van der Waals surface area contributed by atoms with Crippen LogP contribution in [-0.2, 0) is 20.9 Å². The number of primary amides is 1. The van der Waals surface area contributed by atoms with E-state index in [-0.39, 0.29) is 18.4 Å². The molecule has 0 saturated carbocycles. The van der Waals surface area contributed by atoms with E-state index < -0.39 is 5.91 Å². The second kappa shape index (κ2) is 7.75. The van der Waals surface area contributed by atoms with Crippen molar-refractivity contribution in [3.63, 3.8) is 0 Å². The highest BCUT2D eigenvalue weighted by Crippen LogP contribution is 2.08. The first-order valence-corrected chi connectivity index (χ1v) is 7.09. The van der Waals surface area contributed by atoms with E-state index in [1.54, 1.807) is 4.90 Å². The molecule has 2 rings (SSSR count). The van der Waals surface area contributed by atoms with E-state index in [1.807, 2.05) is 30.3 Å². The van der Waals surface area contributed by atoms with Crippen molar-refractivity contribution in [3.05, 3.63) is 35.9 Å². The van der Waals surface area contributed by atoms with Crippen molar-refractivity contribution in [1.29, 1.82) is 0 Å². The van der Waals surface area contributed by atoms with E-state index in [2.05, 4.69) is 5.32 Å². The Labute approximate surface area is 124 Å². The first kappa shape index (κ1) is 15.5. The molecule has 0 aromatic heterocycles. The van der Waals surface area contributed by atoms with Crippen molar-refractivity contribution in [2.75, 3.05) is 26.3 Å². The topological polar surface area (TPSA) is 84.7 Å². The summed E-state index contributed by atoms with van der Waals surface area (Å²) in [5.41, 5.74) is 6.22. The van der Waals surface area contributed by atoms with Gasteiger partial charge in [-0.25, -0.2) is 0 Å². The van der Waals surface area contributed by atoms with Gasteiger partial charge in [0.15, 0.2) is 0 Å². The summed E-state index contributed by atoms with van der Waals surface area (Å²) in [6.45, 7) is 2.42. The standard InChI is InChI=1S/C15H21N3O3/c16-14(19)6-8-18(10-12-4-2-1-3-5-12)15(20)13-11-21-9-7-17-13/h1-5,13,17H,6-11H2,(H2,16,19). The maximum atomic E-state index is 12.5. The fraction of sp³-hybridized carbons (Fsp3) is 0.467. The number of amides is 2. The third-order valence-electron chi connectivity index (χ3n) is 3.38. The van der Waals surface area contributed by atoms with E-state index in [9.17, 15) is 9.59 Å². The Hall–Kier alpha value is -1.92. The second-order valence-corrected chi connectivity index (χ2v) is 5.04. The van der Waals surface area contributed by atoms with Crippen molar-refractivity contribution in [2.24, 2.45) is 5.73 Å². The van der Waals surface area contributed by atoms with Crippen LogP contribution in [0.1, 0.15) is 12.0 Å². The molecule has 0 aliphatic carbocycles. The highest BCUT2D eigenvalue weighted by molar-refractivity contribution is 5.83. The van der Waals surface area contributed by atoms with Crippen LogP contribution >= 0.6 is 0 Å². The molecule has 2 amide bonds. The number of carbonyl (C=O) groups excluding carboxylic acids is 2. The molecule has 1 atom stereocenters. The lowest BCUT2D eigenvalue weighted by Crippen LogP contribution is -2.52. The van der Waals surface area contributed by atoms with E-state index in [4.69, 9.17) is 10.5 Å². The molecule has 0 bridgehead atoms. The second-order valence-electron chi connectivity index (χ2n) is 5.04. The summed E-state index contributed by atoms with van der Waals surface area (Å²) in [4.78, 5) is 25.2. The van der Waals surface area contributed by atoms with Gasteiger partial charge in [0.05, 0.1) is 13.2 Å². The van der Waals surface area contributed by atoms with Crippen molar-refractivity contribution in [2.45, 2.75) is 19.0 Å². The quantitative estimate of drug-likeness (QED) is 0.765. The third kappa shape index (κ3) is 4.84. The SMILES string of the molecule is NC(=O)CCN(Cc1ccccc1)C(=O)C1COCCN1. The van der Waals surface area contributed by atoms with Gasteiger partial charge in [-0.2, -0.15) is 0 Å². The van der Waals surface area contributed by atoms with Gasteiger partial charge in [-0.3, -0.25) is 9.59 Å². The van der Waals surface area contributed by atoms with Crippen LogP contribution in [0.2, 0.25) is 0 Å². The van der Waals surface area contributed by atoms with Gasteiger partial charge in [-0.05, 0) is 5.56 Å². The van der Waals surface area contributed by atoms with Crippen LogP contribution < -0.4 is 11.1 Å². The Bertz CT molecular complexity index is 472. The van der Waals surface area contributed by atoms with E-state index >= 15 is 0 Å². The van der Waals surface area contributed by atoms with Gasteiger partial charge in [-0.1, -0.05) is 30.3 Å². The minimum atomic E-state index is -0.409. The molecule has 1 saturated heterocycles. The molecule has 1 aliphatic rings. The fourth-order valence-electron chi connectivity index (χ4n) is 2.26. The predicted octanol–water partition coefficient (Wildman–Crippen LogP) is -0.121. The molecule has 1 fully saturated rings. The molecule has 1 heterocycles. The Morgan fingerprint density at radius 2 is 2.10 bits per heavy atom. The lowest BCUT2D eigenvalue weighted by molar-refractivity contribution is -0.137. The van der Waals surface area contributed by atoms with E-state index in [1.165, 1.54) is 0 Å². The van der Waals surface area contributed by atoms with Gasteiger partial charge in [0, 0.05) is 26.1 Å². The molecule has 6 heteroatoms.